The van der Waals surface area contributed by atoms with E-state index >= 15 is 0 Å². The Bertz CT molecular complexity index is 419. The van der Waals surface area contributed by atoms with Crippen LogP contribution in [0.25, 0.3) is 0 Å². The minimum atomic E-state index is 0.349. The number of ether oxygens (including phenoxy) is 1. The predicted molar refractivity (Wildman–Crippen MR) is 88.4 cm³/mol. The molecular weight excluding hydrogens is 260 g/mol. The van der Waals surface area contributed by atoms with E-state index in [4.69, 9.17) is 10.5 Å². The van der Waals surface area contributed by atoms with Crippen LogP contribution in [0.1, 0.15) is 32.3 Å². The lowest BCUT2D eigenvalue weighted by Crippen LogP contribution is -2.45. The Hall–Kier alpha value is -1.06. The standard InChI is InChI=1S/C18H30N2O/c1-13-9-14(2)17(18(19)10-13)12-20(3)11-15-5-7-16(21-4)8-6-15/h5-8,13-14,17-18H,9-12,19H2,1-4H3. The highest BCUT2D eigenvalue weighted by Crippen LogP contribution is 2.33. The van der Waals surface area contributed by atoms with E-state index in [9.17, 15) is 0 Å². The molecule has 0 heterocycles. The van der Waals surface area contributed by atoms with Gasteiger partial charge in [-0.1, -0.05) is 26.0 Å². The van der Waals surface area contributed by atoms with Gasteiger partial charge in [-0.05, 0) is 55.3 Å². The van der Waals surface area contributed by atoms with Gasteiger partial charge in [-0.15, -0.1) is 0 Å². The first-order valence-electron chi connectivity index (χ1n) is 8.06. The molecule has 0 aromatic heterocycles. The minimum absolute atomic E-state index is 0.349. The summed E-state index contributed by atoms with van der Waals surface area (Å²) in [5.74, 6) is 3.03. The maximum atomic E-state index is 6.40. The lowest BCUT2D eigenvalue weighted by molar-refractivity contribution is 0.127. The second-order valence-corrected chi connectivity index (χ2v) is 6.93. The highest BCUT2D eigenvalue weighted by molar-refractivity contribution is 5.27. The van der Waals surface area contributed by atoms with Crippen molar-refractivity contribution in [1.82, 2.24) is 4.90 Å². The third kappa shape index (κ3) is 4.45. The number of methoxy groups -OCH3 is 1. The molecule has 1 aliphatic rings. The number of nitrogens with zero attached hydrogens (tertiary/aromatic N) is 1. The second kappa shape index (κ2) is 7.28. The molecule has 2 N–H and O–H groups in total. The van der Waals surface area contributed by atoms with Gasteiger partial charge < -0.3 is 15.4 Å². The average molecular weight is 290 g/mol. The van der Waals surface area contributed by atoms with Crippen LogP contribution in [0.4, 0.5) is 0 Å². The fourth-order valence-corrected chi connectivity index (χ4v) is 3.75. The molecule has 118 valence electrons. The van der Waals surface area contributed by atoms with Crippen LogP contribution in [0.3, 0.4) is 0 Å². The molecular formula is C18H30N2O. The Labute approximate surface area is 129 Å². The molecule has 3 heteroatoms. The molecule has 1 saturated carbocycles. The smallest absolute Gasteiger partial charge is 0.118 e. The highest BCUT2D eigenvalue weighted by Gasteiger charge is 2.32. The van der Waals surface area contributed by atoms with E-state index < -0.39 is 0 Å². The molecule has 21 heavy (non-hydrogen) atoms. The SMILES string of the molecule is COc1ccc(CN(C)CC2C(C)CC(C)CC2N)cc1. The van der Waals surface area contributed by atoms with E-state index in [-0.39, 0.29) is 0 Å². The van der Waals surface area contributed by atoms with Crippen LogP contribution in [0, 0.1) is 17.8 Å². The molecule has 0 radical (unpaired) electrons. The lowest BCUT2D eigenvalue weighted by Gasteiger charge is -2.39. The van der Waals surface area contributed by atoms with E-state index in [0.29, 0.717) is 12.0 Å². The number of rotatable bonds is 5. The summed E-state index contributed by atoms with van der Waals surface area (Å²) >= 11 is 0. The number of hydrogen-bond donors (Lipinski definition) is 1. The van der Waals surface area contributed by atoms with Crippen molar-refractivity contribution in [2.24, 2.45) is 23.5 Å². The topological polar surface area (TPSA) is 38.5 Å². The normalized spacial score (nSPS) is 29.6. The van der Waals surface area contributed by atoms with Crippen LogP contribution in [-0.4, -0.2) is 31.6 Å². The van der Waals surface area contributed by atoms with Gasteiger partial charge in [-0.25, -0.2) is 0 Å². The molecule has 2 rings (SSSR count). The molecule has 0 spiro atoms. The maximum absolute atomic E-state index is 6.40. The molecule has 0 aliphatic heterocycles. The van der Waals surface area contributed by atoms with Crippen LogP contribution in [0.15, 0.2) is 24.3 Å². The Morgan fingerprint density at radius 1 is 1.19 bits per heavy atom. The summed E-state index contributed by atoms with van der Waals surface area (Å²) in [4.78, 5) is 2.40. The van der Waals surface area contributed by atoms with E-state index in [0.717, 1.165) is 30.7 Å². The minimum Gasteiger partial charge on any atom is -0.497 e. The lowest BCUT2D eigenvalue weighted by atomic mass is 9.72. The molecule has 4 unspecified atom stereocenters. The second-order valence-electron chi connectivity index (χ2n) is 6.93. The molecule has 1 fully saturated rings. The molecule has 1 aliphatic carbocycles. The third-order valence-corrected chi connectivity index (χ3v) is 4.86. The molecule has 4 atom stereocenters. The fraction of sp³-hybridized carbons (Fsp3) is 0.667. The van der Waals surface area contributed by atoms with Gasteiger partial charge >= 0.3 is 0 Å². The van der Waals surface area contributed by atoms with E-state index in [1.165, 1.54) is 18.4 Å². The Morgan fingerprint density at radius 3 is 2.43 bits per heavy atom. The molecule has 3 nitrogen and oxygen atoms in total. The van der Waals surface area contributed by atoms with Crippen molar-refractivity contribution in [3.8, 4) is 5.75 Å². The van der Waals surface area contributed by atoms with Crippen molar-refractivity contribution < 1.29 is 4.74 Å². The predicted octanol–water partition coefficient (Wildman–Crippen LogP) is 3.14. The van der Waals surface area contributed by atoms with Crippen LogP contribution < -0.4 is 10.5 Å². The van der Waals surface area contributed by atoms with Crippen molar-refractivity contribution in [3.05, 3.63) is 29.8 Å². The molecule has 1 aromatic rings. The van der Waals surface area contributed by atoms with Gasteiger partial charge in [0.1, 0.15) is 5.75 Å². The summed E-state index contributed by atoms with van der Waals surface area (Å²) < 4.78 is 5.20. The van der Waals surface area contributed by atoms with Gasteiger partial charge in [-0.2, -0.15) is 0 Å². The van der Waals surface area contributed by atoms with Crippen molar-refractivity contribution in [2.45, 2.75) is 39.3 Å². The third-order valence-electron chi connectivity index (χ3n) is 4.86. The average Bonchev–Trinajstić information content (AvgIpc) is 2.43. The summed E-state index contributed by atoms with van der Waals surface area (Å²) in [6.07, 6.45) is 2.49. The first-order valence-corrected chi connectivity index (χ1v) is 8.06. The van der Waals surface area contributed by atoms with Gasteiger partial charge in [0.15, 0.2) is 0 Å². The largest absolute Gasteiger partial charge is 0.497 e. The van der Waals surface area contributed by atoms with E-state index in [1.54, 1.807) is 7.11 Å². The Morgan fingerprint density at radius 2 is 1.86 bits per heavy atom. The van der Waals surface area contributed by atoms with Crippen molar-refractivity contribution in [2.75, 3.05) is 20.7 Å². The van der Waals surface area contributed by atoms with Gasteiger partial charge in [0.25, 0.3) is 0 Å². The van der Waals surface area contributed by atoms with Crippen LogP contribution in [0.5, 0.6) is 5.75 Å². The summed E-state index contributed by atoms with van der Waals surface area (Å²) in [5, 5.41) is 0. The number of benzene rings is 1. The summed E-state index contributed by atoms with van der Waals surface area (Å²) in [5.41, 5.74) is 7.72. The van der Waals surface area contributed by atoms with Crippen LogP contribution in [0.2, 0.25) is 0 Å². The van der Waals surface area contributed by atoms with Crippen molar-refractivity contribution in [3.63, 3.8) is 0 Å². The zero-order valence-electron chi connectivity index (χ0n) is 13.9. The van der Waals surface area contributed by atoms with Gasteiger partial charge in [0.05, 0.1) is 7.11 Å². The highest BCUT2D eigenvalue weighted by atomic mass is 16.5. The van der Waals surface area contributed by atoms with Crippen molar-refractivity contribution >= 4 is 0 Å². The first-order chi connectivity index (χ1) is 9.99. The number of hydrogen-bond acceptors (Lipinski definition) is 3. The zero-order chi connectivity index (χ0) is 15.4. The maximum Gasteiger partial charge on any atom is 0.118 e. The first kappa shape index (κ1) is 16.3. The van der Waals surface area contributed by atoms with Crippen LogP contribution >= 0.6 is 0 Å². The van der Waals surface area contributed by atoms with Gasteiger partial charge in [-0.3, -0.25) is 0 Å². The monoisotopic (exact) mass is 290 g/mol. The zero-order valence-corrected chi connectivity index (χ0v) is 13.9. The van der Waals surface area contributed by atoms with E-state index in [2.05, 4.69) is 37.9 Å². The van der Waals surface area contributed by atoms with Crippen LogP contribution in [-0.2, 0) is 6.54 Å². The molecule has 0 amide bonds. The Kier molecular flexibility index (Phi) is 5.65. The Balaban J connectivity index is 1.89. The molecule has 1 aromatic carbocycles. The van der Waals surface area contributed by atoms with E-state index in [1.807, 2.05) is 12.1 Å². The quantitative estimate of drug-likeness (QED) is 0.905. The summed E-state index contributed by atoms with van der Waals surface area (Å²) in [6, 6.07) is 8.69. The molecule has 0 saturated heterocycles. The molecule has 0 bridgehead atoms. The fourth-order valence-electron chi connectivity index (χ4n) is 3.75. The van der Waals surface area contributed by atoms with Gasteiger partial charge in [0.2, 0.25) is 0 Å². The summed E-state index contributed by atoms with van der Waals surface area (Å²) in [6.45, 7) is 6.74. The van der Waals surface area contributed by atoms with Crippen molar-refractivity contribution in [1.29, 1.82) is 0 Å². The summed E-state index contributed by atoms with van der Waals surface area (Å²) in [7, 11) is 3.90. The van der Waals surface area contributed by atoms with Gasteiger partial charge in [0, 0.05) is 19.1 Å². The number of nitrogens with two attached hydrogens (primary N) is 1.